The molecule has 3 aromatic rings. The highest BCUT2D eigenvalue weighted by Gasteiger charge is 2.22. The van der Waals surface area contributed by atoms with Crippen LogP contribution in [0, 0.1) is 5.82 Å². The van der Waals surface area contributed by atoms with Crippen LogP contribution < -0.4 is 20.9 Å². The number of carbonyl (C=O) groups excluding carboxylic acids is 2. The van der Waals surface area contributed by atoms with E-state index in [1.807, 2.05) is 4.90 Å². The van der Waals surface area contributed by atoms with Crippen molar-refractivity contribution in [2.24, 2.45) is 5.73 Å². The Balaban J connectivity index is 1.50. The van der Waals surface area contributed by atoms with Crippen molar-refractivity contribution >= 4 is 40.9 Å². The summed E-state index contributed by atoms with van der Waals surface area (Å²) in [6.07, 6.45) is 0.547. The number of hydrogen-bond donors (Lipinski definition) is 3. The summed E-state index contributed by atoms with van der Waals surface area (Å²) in [7, 11) is 0. The number of fused-ring (bicyclic) bond motifs is 1. The van der Waals surface area contributed by atoms with Crippen molar-refractivity contribution < 1.29 is 14.0 Å². The van der Waals surface area contributed by atoms with Gasteiger partial charge in [0.1, 0.15) is 11.3 Å². The number of amides is 2. The van der Waals surface area contributed by atoms with Crippen molar-refractivity contribution in [1.29, 1.82) is 0 Å². The van der Waals surface area contributed by atoms with Crippen LogP contribution in [-0.4, -0.2) is 58.7 Å². The van der Waals surface area contributed by atoms with Gasteiger partial charge in [0, 0.05) is 26.2 Å². The number of carbonyl (C=O) groups is 2. The number of H-pyrrole nitrogens is 1. The summed E-state index contributed by atoms with van der Waals surface area (Å²) in [5.41, 5.74) is 6.17. The van der Waals surface area contributed by atoms with Gasteiger partial charge < -0.3 is 25.8 Å². The van der Waals surface area contributed by atoms with Gasteiger partial charge in [0.05, 0.1) is 11.1 Å². The molecule has 0 aliphatic carbocycles. The van der Waals surface area contributed by atoms with Crippen molar-refractivity contribution in [3.05, 3.63) is 35.6 Å². The lowest BCUT2D eigenvalue weighted by Crippen LogP contribution is -2.47. The zero-order valence-electron chi connectivity index (χ0n) is 14.7. The molecule has 0 bridgehead atoms. The summed E-state index contributed by atoms with van der Waals surface area (Å²) in [6, 6.07) is 5.86. The van der Waals surface area contributed by atoms with E-state index in [9.17, 15) is 14.0 Å². The Hall–Kier alpha value is -3.76. The van der Waals surface area contributed by atoms with Crippen molar-refractivity contribution in [2.45, 2.75) is 0 Å². The predicted octanol–water partition coefficient (Wildman–Crippen LogP) is 0.486. The molecule has 2 aromatic heterocycles. The van der Waals surface area contributed by atoms with E-state index in [0.717, 1.165) is 6.07 Å². The molecule has 10 nitrogen and oxygen atoms in total. The Kier molecular flexibility index (Phi) is 4.47. The van der Waals surface area contributed by atoms with E-state index < -0.39 is 11.7 Å². The first-order valence-electron chi connectivity index (χ1n) is 8.58. The van der Waals surface area contributed by atoms with Crippen LogP contribution in [0.25, 0.3) is 11.0 Å². The van der Waals surface area contributed by atoms with Gasteiger partial charge in [-0.2, -0.15) is 0 Å². The molecule has 1 saturated heterocycles. The average Bonchev–Trinajstić information content (AvgIpc) is 3.12. The largest absolute Gasteiger partial charge is 0.366 e. The second-order valence-corrected chi connectivity index (χ2v) is 6.29. The van der Waals surface area contributed by atoms with Gasteiger partial charge in [-0.05, 0) is 24.3 Å². The number of benzene rings is 1. The van der Waals surface area contributed by atoms with Gasteiger partial charge in [-0.1, -0.05) is 0 Å². The maximum Gasteiger partial charge on any atom is 0.251 e. The van der Waals surface area contributed by atoms with Crippen LogP contribution in [0.1, 0.15) is 10.4 Å². The van der Waals surface area contributed by atoms with Gasteiger partial charge in [0.2, 0.25) is 12.4 Å². The Morgan fingerprint density at radius 1 is 1.18 bits per heavy atom. The Bertz CT molecular complexity index is 1030. The molecule has 0 spiro atoms. The Morgan fingerprint density at radius 2 is 1.93 bits per heavy atom. The van der Waals surface area contributed by atoms with Gasteiger partial charge in [-0.15, -0.1) is 10.2 Å². The second-order valence-electron chi connectivity index (χ2n) is 6.29. The van der Waals surface area contributed by atoms with Gasteiger partial charge in [-0.3, -0.25) is 9.59 Å². The number of aromatic amines is 1. The highest BCUT2D eigenvalue weighted by molar-refractivity contribution is 6.04. The minimum atomic E-state index is -0.724. The van der Waals surface area contributed by atoms with Gasteiger partial charge >= 0.3 is 0 Å². The Morgan fingerprint density at radius 3 is 2.57 bits per heavy atom. The number of nitrogens with one attached hydrogen (secondary N) is 2. The summed E-state index contributed by atoms with van der Waals surface area (Å²) in [5.74, 6) is 0.376. The first-order chi connectivity index (χ1) is 13.5. The minimum Gasteiger partial charge on any atom is -0.366 e. The van der Waals surface area contributed by atoms with Crippen LogP contribution in [-0.2, 0) is 4.79 Å². The highest BCUT2D eigenvalue weighted by Crippen LogP contribution is 2.24. The van der Waals surface area contributed by atoms with Crippen LogP contribution in [0.4, 0.5) is 22.0 Å². The van der Waals surface area contributed by atoms with Crippen molar-refractivity contribution in [1.82, 2.24) is 20.2 Å². The number of nitrogens with two attached hydrogens (primary N) is 1. The molecule has 11 heteroatoms. The van der Waals surface area contributed by atoms with Crippen molar-refractivity contribution in [2.75, 3.05) is 41.3 Å². The molecule has 1 fully saturated rings. The molecule has 0 unspecified atom stereocenters. The molecular formula is C17H17FN8O2. The maximum absolute atomic E-state index is 13.7. The maximum atomic E-state index is 13.7. The van der Waals surface area contributed by atoms with Crippen LogP contribution in [0.3, 0.4) is 0 Å². The number of halogens is 1. The van der Waals surface area contributed by atoms with E-state index in [1.165, 1.54) is 6.07 Å². The third-order valence-electron chi connectivity index (χ3n) is 4.56. The normalized spacial score (nSPS) is 14.3. The smallest absolute Gasteiger partial charge is 0.251 e. The van der Waals surface area contributed by atoms with E-state index in [2.05, 4.69) is 30.4 Å². The fourth-order valence-corrected chi connectivity index (χ4v) is 3.19. The summed E-state index contributed by atoms with van der Waals surface area (Å²) < 4.78 is 13.7. The average molecular weight is 384 g/mol. The van der Waals surface area contributed by atoms with E-state index in [-0.39, 0.29) is 5.56 Å². The fraction of sp³-hybridized carbons (Fsp3) is 0.235. The minimum absolute atomic E-state index is 0.0513. The molecular weight excluding hydrogens is 367 g/mol. The van der Waals surface area contributed by atoms with Crippen LogP contribution in [0.5, 0.6) is 0 Å². The van der Waals surface area contributed by atoms with E-state index in [0.29, 0.717) is 61.2 Å². The molecule has 1 aliphatic heterocycles. The molecule has 28 heavy (non-hydrogen) atoms. The highest BCUT2D eigenvalue weighted by atomic mass is 19.1. The van der Waals surface area contributed by atoms with Crippen LogP contribution in [0.15, 0.2) is 24.3 Å². The third kappa shape index (κ3) is 3.29. The number of hydrogen-bond acceptors (Lipinski definition) is 7. The molecule has 4 rings (SSSR count). The monoisotopic (exact) mass is 384 g/mol. The molecule has 0 saturated carbocycles. The first kappa shape index (κ1) is 17.6. The number of rotatable bonds is 5. The number of piperazine rings is 1. The standard InChI is InChI=1S/C17H17FN8O2/c18-10-7-11(16(19)28)15-12(8-10)21-17(22-15)26-5-3-25(4-6-26)14-2-1-13(20-9-27)23-24-14/h1-2,7-9H,3-6H2,(H2,19,28)(H,21,22)(H,20,23,27). The van der Waals surface area contributed by atoms with Crippen molar-refractivity contribution in [3.8, 4) is 0 Å². The zero-order chi connectivity index (χ0) is 19.7. The van der Waals surface area contributed by atoms with E-state index >= 15 is 0 Å². The lowest BCUT2D eigenvalue weighted by Gasteiger charge is -2.34. The van der Waals surface area contributed by atoms with Crippen LogP contribution in [0.2, 0.25) is 0 Å². The van der Waals surface area contributed by atoms with Crippen LogP contribution >= 0.6 is 0 Å². The van der Waals surface area contributed by atoms with Gasteiger partial charge in [-0.25, -0.2) is 9.37 Å². The predicted molar refractivity (Wildman–Crippen MR) is 101 cm³/mol. The molecule has 1 aliphatic rings. The quantitative estimate of drug-likeness (QED) is 0.545. The summed E-state index contributed by atoms with van der Waals surface area (Å²) in [6.45, 7) is 2.63. The SMILES string of the molecule is NC(=O)c1cc(F)cc2[nH]c(N3CCN(c4ccc(NC=O)nn4)CC3)nc12. The molecule has 4 N–H and O–H groups in total. The summed E-state index contributed by atoms with van der Waals surface area (Å²) >= 11 is 0. The molecule has 144 valence electrons. The summed E-state index contributed by atoms with van der Waals surface area (Å²) in [5, 5.41) is 10.5. The Labute approximate surface area is 158 Å². The van der Waals surface area contributed by atoms with Crippen molar-refractivity contribution in [3.63, 3.8) is 0 Å². The van der Waals surface area contributed by atoms with E-state index in [4.69, 9.17) is 5.73 Å². The van der Waals surface area contributed by atoms with Gasteiger partial charge in [0.15, 0.2) is 11.6 Å². The number of anilines is 3. The van der Waals surface area contributed by atoms with Gasteiger partial charge in [0.25, 0.3) is 5.91 Å². The second kappa shape index (κ2) is 7.10. The number of aromatic nitrogens is 4. The zero-order valence-corrected chi connectivity index (χ0v) is 14.7. The van der Waals surface area contributed by atoms with E-state index in [1.54, 1.807) is 12.1 Å². The fourth-order valence-electron chi connectivity index (χ4n) is 3.19. The lowest BCUT2D eigenvalue weighted by atomic mass is 10.1. The molecule has 0 atom stereocenters. The topological polar surface area (TPSA) is 133 Å². The molecule has 3 heterocycles. The number of nitrogens with zero attached hydrogens (tertiary/aromatic N) is 5. The molecule has 0 radical (unpaired) electrons. The first-order valence-corrected chi connectivity index (χ1v) is 8.58. The third-order valence-corrected chi connectivity index (χ3v) is 4.56. The summed E-state index contributed by atoms with van der Waals surface area (Å²) in [4.78, 5) is 33.6. The number of imidazole rings is 1. The molecule has 1 aromatic carbocycles. The molecule has 2 amide bonds. The number of primary amides is 1. The lowest BCUT2D eigenvalue weighted by molar-refractivity contribution is -0.105.